The molecule has 5 rings (SSSR count). The summed E-state index contributed by atoms with van der Waals surface area (Å²) in [6, 6.07) is 9.20. The number of amides is 1. The van der Waals surface area contributed by atoms with Crippen LogP contribution in [0.15, 0.2) is 41.9 Å². The van der Waals surface area contributed by atoms with Crippen LogP contribution in [0.5, 0.6) is 0 Å². The zero-order chi connectivity index (χ0) is 22.3. The topological polar surface area (TPSA) is 111 Å². The van der Waals surface area contributed by atoms with Gasteiger partial charge in [0.25, 0.3) is 5.91 Å². The Morgan fingerprint density at radius 2 is 2.03 bits per heavy atom. The maximum Gasteiger partial charge on any atom is 0.258 e. The van der Waals surface area contributed by atoms with E-state index < -0.39 is 5.60 Å². The number of carbonyl (C=O) groups is 1. The third-order valence-corrected chi connectivity index (χ3v) is 7.40. The number of nitrogens with one attached hydrogen (secondary N) is 1. The van der Waals surface area contributed by atoms with Gasteiger partial charge in [0.15, 0.2) is 5.60 Å². The van der Waals surface area contributed by atoms with E-state index in [2.05, 4.69) is 15.3 Å². The van der Waals surface area contributed by atoms with Crippen LogP contribution in [-0.4, -0.2) is 61.7 Å². The molecule has 1 aromatic carbocycles. The van der Waals surface area contributed by atoms with Gasteiger partial charge in [0.1, 0.15) is 10.7 Å². The van der Waals surface area contributed by atoms with Crippen LogP contribution in [0.3, 0.4) is 0 Å². The summed E-state index contributed by atoms with van der Waals surface area (Å²) < 4.78 is 0. The Morgan fingerprint density at radius 1 is 1.19 bits per heavy atom. The van der Waals surface area contributed by atoms with Crippen molar-refractivity contribution in [3.63, 3.8) is 0 Å². The molecule has 0 bridgehead atoms. The first-order valence-corrected chi connectivity index (χ1v) is 11.6. The standard InChI is InChI=1S/C23H25N5O3S/c1-28-11-9-23(31,20(28)30)16-5-2-4-15(12-16)19-25-18(13-32-19)17-6-10-24-21(26-17)27-22(14-29)7-3-8-22/h2,4-6,10,12-13,29,31H,3,7-9,11,14H2,1H3,(H,24,26,27)/t23-/m1/s1. The second kappa shape index (κ2) is 7.91. The van der Waals surface area contributed by atoms with Crippen LogP contribution in [0.25, 0.3) is 22.0 Å². The predicted octanol–water partition coefficient (Wildman–Crippen LogP) is 2.64. The Kier molecular flexibility index (Phi) is 5.19. The Bertz CT molecular complexity index is 1160. The zero-order valence-electron chi connectivity index (χ0n) is 17.8. The van der Waals surface area contributed by atoms with E-state index in [0.29, 0.717) is 30.2 Å². The van der Waals surface area contributed by atoms with Gasteiger partial charge in [0, 0.05) is 37.2 Å². The molecule has 1 saturated heterocycles. The van der Waals surface area contributed by atoms with Crippen molar-refractivity contribution in [1.82, 2.24) is 19.9 Å². The third kappa shape index (κ3) is 3.56. The lowest BCUT2D eigenvalue weighted by molar-refractivity contribution is -0.143. The molecule has 8 nitrogen and oxygen atoms in total. The minimum atomic E-state index is -1.48. The quantitative estimate of drug-likeness (QED) is 0.528. The first-order valence-electron chi connectivity index (χ1n) is 10.7. The first kappa shape index (κ1) is 21.0. The summed E-state index contributed by atoms with van der Waals surface area (Å²) in [6.07, 6.45) is 4.95. The van der Waals surface area contributed by atoms with E-state index in [1.807, 2.05) is 29.6 Å². The fourth-order valence-electron chi connectivity index (χ4n) is 4.28. The van der Waals surface area contributed by atoms with Crippen molar-refractivity contribution >= 4 is 23.2 Å². The van der Waals surface area contributed by atoms with E-state index in [9.17, 15) is 15.0 Å². The molecule has 3 heterocycles. The number of nitrogens with zero attached hydrogens (tertiary/aromatic N) is 4. The second-order valence-electron chi connectivity index (χ2n) is 8.64. The molecule has 32 heavy (non-hydrogen) atoms. The molecule has 9 heteroatoms. The number of anilines is 1. The number of aliphatic hydroxyl groups is 2. The molecular formula is C23H25N5O3S. The van der Waals surface area contributed by atoms with Gasteiger partial charge in [-0.15, -0.1) is 11.3 Å². The maximum atomic E-state index is 12.5. The molecule has 0 radical (unpaired) electrons. The summed E-state index contributed by atoms with van der Waals surface area (Å²) in [5, 5.41) is 26.7. The molecular weight excluding hydrogens is 426 g/mol. The summed E-state index contributed by atoms with van der Waals surface area (Å²) in [4.78, 5) is 27.7. The van der Waals surface area contributed by atoms with Crippen LogP contribution in [0.1, 0.15) is 31.2 Å². The minimum absolute atomic E-state index is 0.0580. The van der Waals surface area contributed by atoms with Crippen LogP contribution < -0.4 is 5.32 Å². The van der Waals surface area contributed by atoms with Crippen molar-refractivity contribution in [1.29, 1.82) is 0 Å². The summed E-state index contributed by atoms with van der Waals surface area (Å²) >= 11 is 1.48. The van der Waals surface area contributed by atoms with Crippen LogP contribution >= 0.6 is 11.3 Å². The van der Waals surface area contributed by atoms with E-state index >= 15 is 0 Å². The fourth-order valence-corrected chi connectivity index (χ4v) is 5.09. The number of thiazole rings is 1. The van der Waals surface area contributed by atoms with Gasteiger partial charge in [-0.1, -0.05) is 18.2 Å². The number of likely N-dealkylation sites (tertiary alicyclic amines) is 1. The molecule has 1 aliphatic carbocycles. The molecule has 1 aliphatic heterocycles. The van der Waals surface area contributed by atoms with Crippen LogP contribution in [0.2, 0.25) is 0 Å². The summed E-state index contributed by atoms with van der Waals surface area (Å²) in [6.45, 7) is 0.588. The van der Waals surface area contributed by atoms with Crippen LogP contribution in [-0.2, 0) is 10.4 Å². The number of benzene rings is 1. The van der Waals surface area contributed by atoms with Gasteiger partial charge in [-0.25, -0.2) is 15.0 Å². The summed E-state index contributed by atoms with van der Waals surface area (Å²) in [5.74, 6) is 0.210. The zero-order valence-corrected chi connectivity index (χ0v) is 18.6. The molecule has 2 aromatic heterocycles. The molecule has 0 spiro atoms. The van der Waals surface area contributed by atoms with Crippen LogP contribution in [0, 0.1) is 0 Å². The van der Waals surface area contributed by atoms with Crippen molar-refractivity contribution < 1.29 is 15.0 Å². The fraction of sp³-hybridized carbons (Fsp3) is 0.391. The number of hydrogen-bond donors (Lipinski definition) is 3. The van der Waals surface area contributed by atoms with Gasteiger partial charge in [0.2, 0.25) is 5.95 Å². The Labute approximate surface area is 190 Å². The average molecular weight is 452 g/mol. The van der Waals surface area contributed by atoms with Crippen LogP contribution in [0.4, 0.5) is 5.95 Å². The molecule has 1 saturated carbocycles. The van der Waals surface area contributed by atoms with Gasteiger partial charge in [0.05, 0.1) is 17.8 Å². The van der Waals surface area contributed by atoms with Gasteiger partial charge in [-0.2, -0.15) is 0 Å². The van der Waals surface area contributed by atoms with Crippen molar-refractivity contribution in [3.8, 4) is 22.0 Å². The number of carbonyl (C=O) groups excluding carboxylic acids is 1. The third-order valence-electron chi connectivity index (χ3n) is 6.51. The summed E-state index contributed by atoms with van der Waals surface area (Å²) in [5.41, 5.74) is 1.04. The van der Waals surface area contributed by atoms with Crippen molar-refractivity contribution in [2.24, 2.45) is 0 Å². The second-order valence-corrected chi connectivity index (χ2v) is 9.50. The van der Waals surface area contributed by atoms with E-state index in [0.717, 1.165) is 35.5 Å². The molecule has 3 N–H and O–H groups in total. The van der Waals surface area contributed by atoms with E-state index in [1.54, 1.807) is 24.2 Å². The van der Waals surface area contributed by atoms with Crippen molar-refractivity contribution in [2.75, 3.05) is 25.5 Å². The highest BCUT2D eigenvalue weighted by molar-refractivity contribution is 7.13. The van der Waals surface area contributed by atoms with Gasteiger partial charge >= 0.3 is 0 Å². The lowest BCUT2D eigenvalue weighted by Crippen LogP contribution is -2.48. The Hall–Kier alpha value is -2.88. The number of aromatic nitrogens is 3. The van der Waals surface area contributed by atoms with Gasteiger partial charge in [-0.05, 0) is 37.0 Å². The molecule has 3 aromatic rings. The first-order chi connectivity index (χ1) is 15.4. The monoisotopic (exact) mass is 451 g/mol. The predicted molar refractivity (Wildman–Crippen MR) is 122 cm³/mol. The van der Waals surface area contributed by atoms with E-state index in [4.69, 9.17) is 4.98 Å². The number of likely N-dealkylation sites (N-methyl/N-ethyl adjacent to an activating group) is 1. The molecule has 0 unspecified atom stereocenters. The van der Waals surface area contributed by atoms with E-state index in [-0.39, 0.29) is 18.1 Å². The average Bonchev–Trinajstić information content (AvgIpc) is 3.39. The number of rotatable bonds is 6. The molecule has 2 aliphatic rings. The van der Waals surface area contributed by atoms with Crippen molar-refractivity contribution in [3.05, 3.63) is 47.5 Å². The van der Waals surface area contributed by atoms with Gasteiger partial charge < -0.3 is 20.4 Å². The largest absolute Gasteiger partial charge is 0.394 e. The Morgan fingerprint density at radius 3 is 2.72 bits per heavy atom. The number of hydrogen-bond acceptors (Lipinski definition) is 8. The minimum Gasteiger partial charge on any atom is -0.394 e. The maximum absolute atomic E-state index is 12.5. The van der Waals surface area contributed by atoms with E-state index in [1.165, 1.54) is 11.3 Å². The highest BCUT2D eigenvalue weighted by Gasteiger charge is 2.45. The van der Waals surface area contributed by atoms with Crippen molar-refractivity contribution in [2.45, 2.75) is 36.8 Å². The molecule has 166 valence electrons. The molecule has 1 atom stereocenters. The highest BCUT2D eigenvalue weighted by Crippen LogP contribution is 2.37. The number of aliphatic hydroxyl groups excluding tert-OH is 1. The normalized spacial score (nSPS) is 22.1. The highest BCUT2D eigenvalue weighted by atomic mass is 32.1. The molecule has 1 amide bonds. The smallest absolute Gasteiger partial charge is 0.258 e. The lowest BCUT2D eigenvalue weighted by Gasteiger charge is -2.40. The lowest BCUT2D eigenvalue weighted by atomic mass is 9.77. The molecule has 2 fully saturated rings. The summed E-state index contributed by atoms with van der Waals surface area (Å²) in [7, 11) is 1.70. The Balaban J connectivity index is 1.40. The SMILES string of the molecule is CN1CC[C@@](O)(c2cccc(-c3nc(-c4ccnc(NC5(CO)CCC5)n4)cs3)c2)C1=O. The van der Waals surface area contributed by atoms with Gasteiger partial charge in [-0.3, -0.25) is 4.79 Å².